The molecule has 6 heteroatoms. The third-order valence-corrected chi connectivity index (χ3v) is 7.58. The van der Waals surface area contributed by atoms with Crippen molar-refractivity contribution in [2.45, 2.75) is 13.3 Å². The summed E-state index contributed by atoms with van der Waals surface area (Å²) < 4.78 is 25.0. The van der Waals surface area contributed by atoms with E-state index in [1.807, 2.05) is 30.3 Å². The second kappa shape index (κ2) is 12.6. The van der Waals surface area contributed by atoms with Gasteiger partial charge in [0.25, 0.3) is 0 Å². The molecule has 0 fully saturated rings. The standard InChI is InChI=1S/C31H32NO4P/c1-3-30(25-13-7-4-8-14-25)31(26-15-9-5-10-16-26)27-19-21-28(22-20-27)35-24-23-32(2)37(33,34)36-29-17-11-6-12-18-29/h4-22H,3,23-24H2,1-2H3,(H,33,34). The summed E-state index contributed by atoms with van der Waals surface area (Å²) in [6.45, 7) is 2.65. The van der Waals surface area contributed by atoms with E-state index in [0.717, 1.165) is 17.5 Å². The highest BCUT2D eigenvalue weighted by atomic mass is 31.2. The first kappa shape index (κ1) is 26.4. The van der Waals surface area contributed by atoms with Crippen LogP contribution in [-0.2, 0) is 4.57 Å². The maximum absolute atomic E-state index is 12.6. The first-order chi connectivity index (χ1) is 18.0. The number of ether oxygens (including phenoxy) is 1. The van der Waals surface area contributed by atoms with Crippen LogP contribution in [0.4, 0.5) is 0 Å². The van der Waals surface area contributed by atoms with E-state index >= 15 is 0 Å². The molecule has 4 aromatic carbocycles. The van der Waals surface area contributed by atoms with E-state index < -0.39 is 7.75 Å². The van der Waals surface area contributed by atoms with Gasteiger partial charge in [0.1, 0.15) is 18.1 Å². The Kier molecular flexibility index (Phi) is 8.97. The lowest BCUT2D eigenvalue weighted by molar-refractivity contribution is 0.249. The minimum Gasteiger partial charge on any atom is -0.492 e. The van der Waals surface area contributed by atoms with Crippen molar-refractivity contribution in [3.05, 3.63) is 132 Å². The molecule has 0 amide bonds. The molecule has 37 heavy (non-hydrogen) atoms. The number of benzene rings is 4. The third-order valence-electron chi connectivity index (χ3n) is 6.07. The van der Waals surface area contributed by atoms with Gasteiger partial charge in [0.15, 0.2) is 0 Å². The summed E-state index contributed by atoms with van der Waals surface area (Å²) in [6, 6.07) is 37.5. The summed E-state index contributed by atoms with van der Waals surface area (Å²) >= 11 is 0. The number of allylic oxidation sites excluding steroid dienone is 1. The zero-order valence-electron chi connectivity index (χ0n) is 21.2. The molecule has 1 unspecified atom stereocenters. The second-order valence-corrected chi connectivity index (χ2v) is 10.4. The quantitative estimate of drug-likeness (QED) is 0.166. The van der Waals surface area contributed by atoms with Gasteiger partial charge in [0, 0.05) is 6.54 Å². The maximum Gasteiger partial charge on any atom is 0.458 e. The summed E-state index contributed by atoms with van der Waals surface area (Å²) in [5.41, 5.74) is 5.94. The fraction of sp³-hybridized carbons (Fsp3) is 0.161. The molecule has 1 atom stereocenters. The van der Waals surface area contributed by atoms with E-state index in [2.05, 4.69) is 67.6 Å². The van der Waals surface area contributed by atoms with Crippen molar-refractivity contribution in [2.24, 2.45) is 0 Å². The Morgan fingerprint density at radius 3 is 1.81 bits per heavy atom. The van der Waals surface area contributed by atoms with Crippen molar-refractivity contribution in [1.82, 2.24) is 4.67 Å². The Bertz CT molecular complexity index is 1340. The smallest absolute Gasteiger partial charge is 0.458 e. The van der Waals surface area contributed by atoms with Gasteiger partial charge in [-0.3, -0.25) is 0 Å². The van der Waals surface area contributed by atoms with Gasteiger partial charge < -0.3 is 14.2 Å². The van der Waals surface area contributed by atoms with Crippen LogP contribution in [0.25, 0.3) is 11.1 Å². The number of hydrogen-bond acceptors (Lipinski definition) is 3. The molecule has 0 aliphatic heterocycles. The zero-order valence-corrected chi connectivity index (χ0v) is 22.1. The molecule has 0 aliphatic carbocycles. The van der Waals surface area contributed by atoms with E-state index in [1.165, 1.54) is 21.4 Å². The second-order valence-electron chi connectivity index (χ2n) is 8.59. The van der Waals surface area contributed by atoms with Crippen molar-refractivity contribution in [1.29, 1.82) is 0 Å². The molecule has 0 saturated heterocycles. The lowest BCUT2D eigenvalue weighted by atomic mass is 9.88. The number of likely N-dealkylation sites (N-methyl/N-ethyl adjacent to an activating group) is 1. The summed E-state index contributed by atoms with van der Waals surface area (Å²) in [5.74, 6) is 1.04. The van der Waals surface area contributed by atoms with Crippen molar-refractivity contribution in [2.75, 3.05) is 20.2 Å². The molecule has 0 bridgehead atoms. The van der Waals surface area contributed by atoms with Crippen molar-refractivity contribution < 1.29 is 18.7 Å². The van der Waals surface area contributed by atoms with Crippen LogP contribution in [0, 0.1) is 0 Å². The third kappa shape index (κ3) is 6.99. The Hall–Kier alpha value is -3.63. The monoisotopic (exact) mass is 513 g/mol. The molecule has 4 rings (SSSR count). The number of rotatable bonds is 11. The number of para-hydroxylation sites is 1. The largest absolute Gasteiger partial charge is 0.492 e. The average Bonchev–Trinajstić information content (AvgIpc) is 2.93. The van der Waals surface area contributed by atoms with Crippen molar-refractivity contribution in [3.8, 4) is 11.5 Å². The van der Waals surface area contributed by atoms with Crippen LogP contribution in [0.5, 0.6) is 11.5 Å². The van der Waals surface area contributed by atoms with Crippen LogP contribution in [-0.4, -0.2) is 29.8 Å². The average molecular weight is 514 g/mol. The SMILES string of the molecule is CCC(=C(c1ccccc1)c1ccc(OCCN(C)P(=O)(O)Oc2ccccc2)cc1)c1ccccc1. The van der Waals surface area contributed by atoms with Gasteiger partial charge in [-0.2, -0.15) is 4.67 Å². The lowest BCUT2D eigenvalue weighted by Gasteiger charge is -2.22. The fourth-order valence-electron chi connectivity index (χ4n) is 4.11. The Morgan fingerprint density at radius 1 is 0.730 bits per heavy atom. The summed E-state index contributed by atoms with van der Waals surface area (Å²) in [7, 11) is -2.43. The van der Waals surface area contributed by atoms with E-state index in [4.69, 9.17) is 9.26 Å². The van der Waals surface area contributed by atoms with Crippen molar-refractivity contribution >= 4 is 18.9 Å². The van der Waals surface area contributed by atoms with Crippen LogP contribution < -0.4 is 9.26 Å². The van der Waals surface area contributed by atoms with Gasteiger partial charge in [-0.05, 0) is 65.6 Å². The molecule has 0 spiro atoms. The molecule has 190 valence electrons. The lowest BCUT2D eigenvalue weighted by Crippen LogP contribution is -2.23. The molecular weight excluding hydrogens is 481 g/mol. The van der Waals surface area contributed by atoms with Gasteiger partial charge in [-0.15, -0.1) is 0 Å². The van der Waals surface area contributed by atoms with Crippen LogP contribution in [0.1, 0.15) is 30.0 Å². The fourth-order valence-corrected chi connectivity index (χ4v) is 4.98. The summed E-state index contributed by atoms with van der Waals surface area (Å²) in [4.78, 5) is 10.3. The van der Waals surface area contributed by atoms with E-state index in [0.29, 0.717) is 11.5 Å². The Morgan fingerprint density at radius 2 is 1.24 bits per heavy atom. The highest BCUT2D eigenvalue weighted by molar-refractivity contribution is 7.50. The Labute approximate surface area is 219 Å². The molecule has 0 radical (unpaired) electrons. The van der Waals surface area contributed by atoms with E-state index in [9.17, 15) is 9.46 Å². The van der Waals surface area contributed by atoms with Crippen LogP contribution in [0.3, 0.4) is 0 Å². The maximum atomic E-state index is 12.6. The number of nitrogens with zero attached hydrogens (tertiary/aromatic N) is 1. The van der Waals surface area contributed by atoms with Crippen LogP contribution >= 0.6 is 7.75 Å². The molecule has 5 nitrogen and oxygen atoms in total. The molecule has 0 aromatic heterocycles. The predicted molar refractivity (Wildman–Crippen MR) is 151 cm³/mol. The van der Waals surface area contributed by atoms with Crippen LogP contribution in [0.2, 0.25) is 0 Å². The van der Waals surface area contributed by atoms with Gasteiger partial charge in [0.2, 0.25) is 0 Å². The molecule has 4 aromatic rings. The van der Waals surface area contributed by atoms with E-state index in [-0.39, 0.29) is 13.2 Å². The van der Waals surface area contributed by atoms with Gasteiger partial charge in [0.05, 0.1) is 0 Å². The van der Waals surface area contributed by atoms with Gasteiger partial charge in [-0.25, -0.2) is 4.57 Å². The summed E-state index contributed by atoms with van der Waals surface area (Å²) in [6.07, 6.45) is 0.894. The number of hydrogen-bond donors (Lipinski definition) is 1. The molecule has 0 saturated carbocycles. The highest BCUT2D eigenvalue weighted by Gasteiger charge is 2.27. The highest BCUT2D eigenvalue weighted by Crippen LogP contribution is 2.45. The zero-order chi connectivity index (χ0) is 26.1. The van der Waals surface area contributed by atoms with E-state index in [1.54, 1.807) is 31.3 Å². The van der Waals surface area contributed by atoms with Crippen LogP contribution in [0.15, 0.2) is 115 Å². The topological polar surface area (TPSA) is 59.0 Å². The normalized spacial score (nSPS) is 13.5. The molecule has 0 aliphatic rings. The first-order valence-corrected chi connectivity index (χ1v) is 13.9. The minimum absolute atomic E-state index is 0.228. The van der Waals surface area contributed by atoms with Gasteiger partial charge >= 0.3 is 7.75 Å². The minimum atomic E-state index is -3.98. The molecular formula is C31H32NO4P. The molecule has 0 heterocycles. The van der Waals surface area contributed by atoms with Crippen molar-refractivity contribution in [3.63, 3.8) is 0 Å². The van der Waals surface area contributed by atoms with Gasteiger partial charge in [-0.1, -0.05) is 97.9 Å². The first-order valence-electron chi connectivity index (χ1n) is 12.3. The molecule has 1 N–H and O–H groups in total. The predicted octanol–water partition coefficient (Wildman–Crippen LogP) is 7.55. The summed E-state index contributed by atoms with van der Waals surface area (Å²) in [5, 5.41) is 0. The Balaban J connectivity index is 1.47.